The second-order valence-electron chi connectivity index (χ2n) is 4.77. The first-order chi connectivity index (χ1) is 8.64. The molecule has 98 valence electrons. The van der Waals surface area contributed by atoms with Gasteiger partial charge in [0.05, 0.1) is 16.9 Å². The van der Waals surface area contributed by atoms with Gasteiger partial charge in [0.1, 0.15) is 0 Å². The van der Waals surface area contributed by atoms with E-state index in [0.29, 0.717) is 17.8 Å². The Bertz CT molecular complexity index is 428. The van der Waals surface area contributed by atoms with E-state index in [0.717, 1.165) is 19.4 Å². The fraction of sp³-hybridized carbons (Fsp3) is 0.462. The van der Waals surface area contributed by atoms with Gasteiger partial charge in [-0.15, -0.1) is 0 Å². The van der Waals surface area contributed by atoms with Gasteiger partial charge < -0.3 is 15.5 Å². The molecule has 0 aromatic heterocycles. The average Bonchev–Trinajstić information content (AvgIpc) is 2.83. The molecule has 1 fully saturated rings. The molecule has 1 saturated heterocycles. The van der Waals surface area contributed by atoms with Crippen LogP contribution in [0.4, 0.5) is 5.69 Å². The van der Waals surface area contributed by atoms with E-state index in [-0.39, 0.29) is 11.5 Å². The minimum atomic E-state index is -0.235. The second-order valence-corrected chi connectivity index (χ2v) is 4.77. The molecule has 0 bridgehead atoms. The summed E-state index contributed by atoms with van der Waals surface area (Å²) in [6, 6.07) is 7.14. The number of nitrogens with one attached hydrogen (secondary N) is 2. The highest BCUT2D eigenvalue weighted by Crippen LogP contribution is 2.24. The Kier molecular flexibility index (Phi) is 3.84. The molecule has 2 rings (SSSR count). The topological polar surface area (TPSA) is 76.4 Å². The molecule has 5 heteroatoms. The van der Waals surface area contributed by atoms with Crippen molar-refractivity contribution in [3.05, 3.63) is 29.8 Å². The Morgan fingerprint density at radius 1 is 1.50 bits per heavy atom. The number of rotatable bonds is 4. The third-order valence-corrected chi connectivity index (χ3v) is 3.25. The maximum atomic E-state index is 12.1. The predicted molar refractivity (Wildman–Crippen MR) is 70.2 cm³/mol. The van der Waals surface area contributed by atoms with Gasteiger partial charge in [-0.1, -0.05) is 12.1 Å². The van der Waals surface area contributed by atoms with Crippen molar-refractivity contribution in [3.63, 3.8) is 0 Å². The summed E-state index contributed by atoms with van der Waals surface area (Å²) in [5.74, 6) is 5.24. The molecule has 1 aliphatic heterocycles. The number of carbonyl (C=O) groups is 1. The Labute approximate surface area is 107 Å². The van der Waals surface area contributed by atoms with Crippen LogP contribution in [0.2, 0.25) is 0 Å². The average molecular weight is 249 g/mol. The molecule has 1 aliphatic rings. The molecular formula is C13H19N3O2. The first-order valence-electron chi connectivity index (χ1n) is 6.12. The largest absolute Gasteiger partial charge is 0.373 e. The number of amides is 1. The highest BCUT2D eigenvalue weighted by Gasteiger charge is 2.30. The molecule has 1 heterocycles. The van der Waals surface area contributed by atoms with E-state index < -0.39 is 0 Å². The molecule has 0 radical (unpaired) electrons. The minimum Gasteiger partial charge on any atom is -0.373 e. The summed E-state index contributed by atoms with van der Waals surface area (Å²) in [6.07, 6.45) is 2.03. The van der Waals surface area contributed by atoms with Crippen LogP contribution < -0.4 is 16.6 Å². The molecule has 1 amide bonds. The van der Waals surface area contributed by atoms with Crippen molar-refractivity contribution >= 4 is 11.6 Å². The molecule has 4 N–H and O–H groups in total. The van der Waals surface area contributed by atoms with Gasteiger partial charge in [-0.2, -0.15) is 0 Å². The molecule has 0 aliphatic carbocycles. The van der Waals surface area contributed by atoms with Gasteiger partial charge in [-0.05, 0) is 31.9 Å². The summed E-state index contributed by atoms with van der Waals surface area (Å²) >= 11 is 0. The number of nitrogen functional groups attached to an aromatic ring is 1. The smallest absolute Gasteiger partial charge is 0.253 e. The van der Waals surface area contributed by atoms with Gasteiger partial charge in [-0.3, -0.25) is 10.6 Å². The standard InChI is InChI=1S/C13H19N3O2/c1-13(7-4-8-18-13)9-15-12(17)10-5-2-3-6-11(10)16-14/h2-3,5-6,16H,4,7-9,14H2,1H3,(H,15,17). The Hall–Kier alpha value is -1.59. The van der Waals surface area contributed by atoms with Crippen molar-refractivity contribution < 1.29 is 9.53 Å². The predicted octanol–water partition coefficient (Wildman–Crippen LogP) is 1.27. The number of hydrogen-bond acceptors (Lipinski definition) is 4. The molecule has 18 heavy (non-hydrogen) atoms. The Morgan fingerprint density at radius 2 is 2.28 bits per heavy atom. The first-order valence-corrected chi connectivity index (χ1v) is 6.12. The molecule has 1 unspecified atom stereocenters. The van der Waals surface area contributed by atoms with Crippen LogP contribution in [0, 0.1) is 0 Å². The lowest BCUT2D eigenvalue weighted by Crippen LogP contribution is -2.40. The maximum Gasteiger partial charge on any atom is 0.253 e. The zero-order chi connectivity index (χ0) is 13.0. The Balaban J connectivity index is 1.99. The van der Waals surface area contributed by atoms with Crippen LogP contribution in [-0.2, 0) is 4.74 Å². The van der Waals surface area contributed by atoms with Gasteiger partial charge in [-0.25, -0.2) is 0 Å². The molecule has 1 aromatic carbocycles. The summed E-state index contributed by atoms with van der Waals surface area (Å²) in [4.78, 5) is 12.1. The normalized spacial score (nSPS) is 22.8. The number of ether oxygens (including phenoxy) is 1. The van der Waals surface area contributed by atoms with Crippen LogP contribution in [0.1, 0.15) is 30.1 Å². The van der Waals surface area contributed by atoms with E-state index >= 15 is 0 Å². The second kappa shape index (κ2) is 5.37. The van der Waals surface area contributed by atoms with Crippen LogP contribution in [0.25, 0.3) is 0 Å². The number of hydrazine groups is 1. The third-order valence-electron chi connectivity index (χ3n) is 3.25. The van der Waals surface area contributed by atoms with E-state index in [9.17, 15) is 4.79 Å². The fourth-order valence-electron chi connectivity index (χ4n) is 2.15. The van der Waals surface area contributed by atoms with E-state index in [2.05, 4.69) is 10.7 Å². The first kappa shape index (κ1) is 12.9. The van der Waals surface area contributed by atoms with Crippen LogP contribution in [0.5, 0.6) is 0 Å². The summed E-state index contributed by atoms with van der Waals surface area (Å²) < 4.78 is 5.63. The molecule has 5 nitrogen and oxygen atoms in total. The SMILES string of the molecule is CC1(CNC(=O)c2ccccc2NN)CCCO1. The van der Waals surface area contributed by atoms with E-state index in [1.165, 1.54) is 0 Å². The van der Waals surface area contributed by atoms with Crippen molar-refractivity contribution in [2.75, 3.05) is 18.6 Å². The lowest BCUT2D eigenvalue weighted by Gasteiger charge is -2.23. The van der Waals surface area contributed by atoms with Crippen molar-refractivity contribution in [2.24, 2.45) is 5.84 Å². The zero-order valence-corrected chi connectivity index (χ0v) is 10.5. The van der Waals surface area contributed by atoms with E-state index in [4.69, 9.17) is 10.6 Å². The Morgan fingerprint density at radius 3 is 2.94 bits per heavy atom. The molecule has 1 aromatic rings. The lowest BCUT2D eigenvalue weighted by molar-refractivity contribution is 0.0206. The van der Waals surface area contributed by atoms with Gasteiger partial charge in [0.2, 0.25) is 0 Å². The van der Waals surface area contributed by atoms with Crippen molar-refractivity contribution in [3.8, 4) is 0 Å². The maximum absolute atomic E-state index is 12.1. The van der Waals surface area contributed by atoms with Crippen LogP contribution in [0.15, 0.2) is 24.3 Å². The van der Waals surface area contributed by atoms with Gasteiger partial charge in [0.25, 0.3) is 5.91 Å². The number of benzene rings is 1. The summed E-state index contributed by atoms with van der Waals surface area (Å²) in [6.45, 7) is 3.31. The third kappa shape index (κ3) is 2.80. The quantitative estimate of drug-likeness (QED) is 0.555. The molecular weight excluding hydrogens is 230 g/mol. The summed E-state index contributed by atoms with van der Waals surface area (Å²) in [7, 11) is 0. The van der Waals surface area contributed by atoms with E-state index in [1.54, 1.807) is 12.1 Å². The number of para-hydroxylation sites is 1. The van der Waals surface area contributed by atoms with Crippen molar-refractivity contribution in [1.82, 2.24) is 5.32 Å². The monoisotopic (exact) mass is 249 g/mol. The lowest BCUT2D eigenvalue weighted by atomic mass is 10.0. The van der Waals surface area contributed by atoms with Crippen LogP contribution in [-0.4, -0.2) is 24.7 Å². The van der Waals surface area contributed by atoms with Crippen LogP contribution >= 0.6 is 0 Å². The van der Waals surface area contributed by atoms with Crippen molar-refractivity contribution in [2.45, 2.75) is 25.4 Å². The summed E-state index contributed by atoms with van der Waals surface area (Å²) in [5, 5.41) is 2.90. The highest BCUT2D eigenvalue weighted by molar-refractivity contribution is 5.99. The number of carbonyl (C=O) groups excluding carboxylic acids is 1. The zero-order valence-electron chi connectivity index (χ0n) is 10.5. The molecule has 0 saturated carbocycles. The molecule has 0 spiro atoms. The van der Waals surface area contributed by atoms with Gasteiger partial charge in [0.15, 0.2) is 0 Å². The number of anilines is 1. The van der Waals surface area contributed by atoms with Gasteiger partial charge in [0, 0.05) is 13.2 Å². The van der Waals surface area contributed by atoms with Crippen LogP contribution in [0.3, 0.4) is 0 Å². The number of nitrogens with two attached hydrogens (primary N) is 1. The minimum absolute atomic E-state index is 0.139. The van der Waals surface area contributed by atoms with Crippen molar-refractivity contribution in [1.29, 1.82) is 0 Å². The number of hydrogen-bond donors (Lipinski definition) is 3. The fourth-order valence-corrected chi connectivity index (χ4v) is 2.15. The van der Waals surface area contributed by atoms with E-state index in [1.807, 2.05) is 19.1 Å². The van der Waals surface area contributed by atoms with Gasteiger partial charge >= 0.3 is 0 Å². The molecule has 1 atom stereocenters. The highest BCUT2D eigenvalue weighted by atomic mass is 16.5. The summed E-state index contributed by atoms with van der Waals surface area (Å²) in [5.41, 5.74) is 3.45.